The number of nitrogens with one attached hydrogen (secondary N) is 1. The van der Waals surface area contributed by atoms with Gasteiger partial charge >= 0.3 is 0 Å². The Morgan fingerprint density at radius 2 is 2.00 bits per heavy atom. The highest BCUT2D eigenvalue weighted by atomic mass is 16.4. The molecule has 108 valence electrons. The smallest absolute Gasteiger partial charge is 0.230 e. The lowest BCUT2D eigenvalue weighted by atomic mass is 9.69. The van der Waals surface area contributed by atoms with Crippen LogP contribution in [0.5, 0.6) is 0 Å². The van der Waals surface area contributed by atoms with Gasteiger partial charge in [0.2, 0.25) is 11.8 Å². The van der Waals surface area contributed by atoms with Crippen LogP contribution in [-0.4, -0.2) is 15.7 Å². The number of aromatic nitrogens is 2. The van der Waals surface area contributed by atoms with E-state index < -0.39 is 0 Å². The molecule has 1 unspecified atom stereocenters. The Kier molecular flexibility index (Phi) is 4.00. The number of nitrogens with zero attached hydrogens (tertiary/aromatic N) is 2. The summed E-state index contributed by atoms with van der Waals surface area (Å²) in [6, 6.07) is 0. The molecule has 0 spiro atoms. The first kappa shape index (κ1) is 14.5. The summed E-state index contributed by atoms with van der Waals surface area (Å²) >= 11 is 0. The van der Waals surface area contributed by atoms with Gasteiger partial charge in [0, 0.05) is 11.5 Å². The molecule has 1 aromatic rings. The summed E-state index contributed by atoms with van der Waals surface area (Å²) in [5.41, 5.74) is 0.345. The van der Waals surface area contributed by atoms with Crippen LogP contribution >= 0.6 is 0 Å². The molecule has 1 aromatic heterocycles. The third kappa shape index (κ3) is 3.78. The van der Waals surface area contributed by atoms with E-state index >= 15 is 0 Å². The van der Waals surface area contributed by atoms with Gasteiger partial charge < -0.3 is 9.73 Å². The molecule has 4 heteroatoms. The molecule has 1 saturated carbocycles. The summed E-state index contributed by atoms with van der Waals surface area (Å²) in [4.78, 5) is 0. The van der Waals surface area contributed by atoms with Crippen molar-refractivity contribution in [3.63, 3.8) is 0 Å². The second-order valence-electron chi connectivity index (χ2n) is 7.42. The van der Waals surface area contributed by atoms with Gasteiger partial charge in [-0.2, -0.15) is 0 Å². The van der Waals surface area contributed by atoms with Crippen molar-refractivity contribution in [1.82, 2.24) is 15.5 Å². The number of hydrogen-bond acceptors (Lipinski definition) is 4. The van der Waals surface area contributed by atoms with E-state index in [1.807, 2.05) is 0 Å². The first-order valence-electron chi connectivity index (χ1n) is 7.35. The third-order valence-electron chi connectivity index (χ3n) is 4.06. The molecular weight excluding hydrogens is 238 g/mol. The van der Waals surface area contributed by atoms with Crippen LogP contribution in [0.15, 0.2) is 4.42 Å². The topological polar surface area (TPSA) is 51.0 Å². The lowest BCUT2D eigenvalue weighted by Crippen LogP contribution is -2.35. The van der Waals surface area contributed by atoms with Crippen molar-refractivity contribution >= 4 is 0 Å². The Morgan fingerprint density at radius 1 is 1.26 bits per heavy atom. The average Bonchev–Trinajstić information content (AvgIpc) is 2.73. The fraction of sp³-hybridized carbons (Fsp3) is 0.867. The van der Waals surface area contributed by atoms with E-state index in [2.05, 4.69) is 50.1 Å². The van der Waals surface area contributed by atoms with E-state index in [1.54, 1.807) is 0 Å². The van der Waals surface area contributed by atoms with Crippen molar-refractivity contribution in [1.29, 1.82) is 0 Å². The fourth-order valence-corrected chi connectivity index (χ4v) is 2.77. The van der Waals surface area contributed by atoms with Crippen molar-refractivity contribution < 1.29 is 4.42 Å². The van der Waals surface area contributed by atoms with Crippen LogP contribution in [0, 0.1) is 5.41 Å². The third-order valence-corrected chi connectivity index (χ3v) is 4.06. The predicted octanol–water partition coefficient (Wildman–Crippen LogP) is 3.64. The highest BCUT2D eigenvalue weighted by Gasteiger charge is 2.36. The van der Waals surface area contributed by atoms with E-state index in [-0.39, 0.29) is 11.0 Å². The Hall–Kier alpha value is -0.900. The van der Waals surface area contributed by atoms with Crippen molar-refractivity contribution in [3.05, 3.63) is 11.8 Å². The van der Waals surface area contributed by atoms with E-state index in [0.29, 0.717) is 18.4 Å². The summed E-state index contributed by atoms with van der Waals surface area (Å²) in [6.45, 7) is 11.7. The molecule has 1 aliphatic rings. The minimum atomic E-state index is 0.0682. The number of rotatable bonds is 3. The maximum atomic E-state index is 5.87. The molecular formula is C15H27N3O. The van der Waals surface area contributed by atoms with Crippen LogP contribution in [0.3, 0.4) is 0 Å². The molecule has 0 radical (unpaired) electrons. The molecule has 4 nitrogen and oxygen atoms in total. The van der Waals surface area contributed by atoms with Crippen LogP contribution in [0.1, 0.15) is 78.0 Å². The minimum Gasteiger partial charge on any atom is -0.424 e. The second-order valence-corrected chi connectivity index (χ2v) is 7.42. The molecule has 19 heavy (non-hydrogen) atoms. The van der Waals surface area contributed by atoms with Crippen LogP contribution < -0.4 is 5.32 Å². The molecule has 1 N–H and O–H groups in total. The van der Waals surface area contributed by atoms with Gasteiger partial charge in [-0.05, 0) is 39.0 Å². The maximum Gasteiger partial charge on any atom is 0.230 e. The van der Waals surface area contributed by atoms with Gasteiger partial charge in [0.05, 0.1) is 6.54 Å². The zero-order valence-electron chi connectivity index (χ0n) is 12.9. The summed E-state index contributed by atoms with van der Waals surface area (Å²) < 4.78 is 5.87. The van der Waals surface area contributed by atoms with Crippen LogP contribution in [-0.2, 0) is 6.54 Å². The van der Waals surface area contributed by atoms with Crippen LogP contribution in [0.4, 0.5) is 0 Å². The molecule has 0 saturated heterocycles. The molecule has 1 fully saturated rings. The second kappa shape index (κ2) is 5.23. The fourth-order valence-electron chi connectivity index (χ4n) is 2.77. The molecule has 0 aromatic carbocycles. The van der Waals surface area contributed by atoms with E-state index in [4.69, 9.17) is 4.42 Å². The Balaban J connectivity index is 2.04. The normalized spacial score (nSPS) is 23.5. The van der Waals surface area contributed by atoms with Gasteiger partial charge in [0.25, 0.3) is 0 Å². The van der Waals surface area contributed by atoms with Gasteiger partial charge in [0.1, 0.15) is 0 Å². The SMILES string of the molecule is CC(C)(C)NCc1nnc(C2CCCCC2(C)C)o1. The van der Waals surface area contributed by atoms with Gasteiger partial charge in [0.15, 0.2) is 0 Å². The average molecular weight is 265 g/mol. The van der Waals surface area contributed by atoms with E-state index in [9.17, 15) is 0 Å². The lowest BCUT2D eigenvalue weighted by molar-refractivity contribution is 0.170. The Labute approximate surface area is 116 Å². The van der Waals surface area contributed by atoms with E-state index in [1.165, 1.54) is 25.7 Å². The summed E-state index contributed by atoms with van der Waals surface area (Å²) in [7, 11) is 0. The van der Waals surface area contributed by atoms with E-state index in [0.717, 1.165) is 5.89 Å². The zero-order chi connectivity index (χ0) is 14.1. The van der Waals surface area contributed by atoms with Gasteiger partial charge in [-0.3, -0.25) is 0 Å². The number of hydrogen-bond donors (Lipinski definition) is 1. The van der Waals surface area contributed by atoms with Crippen molar-refractivity contribution in [2.45, 2.75) is 78.3 Å². The van der Waals surface area contributed by atoms with Gasteiger partial charge in [-0.1, -0.05) is 26.7 Å². The van der Waals surface area contributed by atoms with Crippen LogP contribution in [0.2, 0.25) is 0 Å². The molecule has 0 amide bonds. The van der Waals surface area contributed by atoms with Crippen molar-refractivity contribution in [2.24, 2.45) is 5.41 Å². The molecule has 1 aliphatic carbocycles. The molecule has 1 heterocycles. The minimum absolute atomic E-state index is 0.0682. The first-order chi connectivity index (χ1) is 8.78. The highest BCUT2D eigenvalue weighted by Crippen LogP contribution is 2.46. The Bertz CT molecular complexity index is 417. The summed E-state index contributed by atoms with van der Waals surface area (Å²) in [6.07, 6.45) is 5.00. The molecule has 0 aliphatic heterocycles. The van der Waals surface area contributed by atoms with Crippen LogP contribution in [0.25, 0.3) is 0 Å². The largest absolute Gasteiger partial charge is 0.424 e. The molecule has 2 rings (SSSR count). The Morgan fingerprint density at radius 3 is 2.63 bits per heavy atom. The van der Waals surface area contributed by atoms with Gasteiger partial charge in [-0.15, -0.1) is 10.2 Å². The monoisotopic (exact) mass is 265 g/mol. The zero-order valence-corrected chi connectivity index (χ0v) is 12.9. The highest BCUT2D eigenvalue weighted by molar-refractivity contribution is 5.01. The predicted molar refractivity (Wildman–Crippen MR) is 75.9 cm³/mol. The molecule has 0 bridgehead atoms. The lowest BCUT2D eigenvalue weighted by Gasteiger charge is -2.36. The molecule has 1 atom stereocenters. The quantitative estimate of drug-likeness (QED) is 0.906. The first-order valence-corrected chi connectivity index (χ1v) is 7.35. The summed E-state index contributed by atoms with van der Waals surface area (Å²) in [5.74, 6) is 1.94. The van der Waals surface area contributed by atoms with Gasteiger partial charge in [-0.25, -0.2) is 0 Å². The van der Waals surface area contributed by atoms with Crippen molar-refractivity contribution in [2.75, 3.05) is 0 Å². The maximum absolute atomic E-state index is 5.87. The standard InChI is InChI=1S/C15H27N3O/c1-14(2,3)16-10-12-17-18-13(19-12)11-8-6-7-9-15(11,4)5/h11,16H,6-10H2,1-5H3. The summed E-state index contributed by atoms with van der Waals surface area (Å²) in [5, 5.41) is 11.8. The van der Waals surface area contributed by atoms with Crippen molar-refractivity contribution in [3.8, 4) is 0 Å².